The number of nitrogens with zero attached hydrogens (tertiary/aromatic N) is 1. The lowest BCUT2D eigenvalue weighted by Gasteiger charge is -2.06. The lowest BCUT2D eigenvalue weighted by atomic mass is 10.2. The van der Waals surface area contributed by atoms with Crippen molar-refractivity contribution in [2.75, 3.05) is 0 Å². The Morgan fingerprint density at radius 2 is 2.24 bits per heavy atom. The van der Waals surface area contributed by atoms with Crippen molar-refractivity contribution in [3.8, 4) is 6.07 Å². The highest BCUT2D eigenvalue weighted by molar-refractivity contribution is 5.97. The number of carbonyl (C=O) groups is 1. The first-order valence-electron chi connectivity index (χ1n) is 5.04. The predicted octanol–water partition coefficient (Wildman–Crippen LogP) is 1.23. The summed E-state index contributed by atoms with van der Waals surface area (Å²) in [5, 5.41) is 8.83. The van der Waals surface area contributed by atoms with Crippen LogP contribution >= 0.6 is 0 Å². The molecule has 0 saturated carbocycles. The minimum Gasteiger partial charge on any atom is -0.459 e. The van der Waals surface area contributed by atoms with Crippen LogP contribution in [0.25, 0.3) is 6.08 Å². The molecule has 1 N–H and O–H groups in total. The lowest BCUT2D eigenvalue weighted by Crippen LogP contribution is -2.12. The van der Waals surface area contributed by atoms with Crippen LogP contribution in [-0.4, -0.2) is 17.1 Å². The molecule has 0 radical (unpaired) electrons. The first-order valence-corrected chi connectivity index (χ1v) is 5.04. The van der Waals surface area contributed by atoms with Crippen LogP contribution in [0, 0.1) is 11.3 Å². The molecular weight excluding hydrogens is 220 g/mol. The number of hydrogen-bond donors (Lipinski definition) is 1. The SMILES string of the molecule is CC(C)OC(=O)/C(C#N)=C\c1ccc(=O)[nH]c1. The Morgan fingerprint density at radius 1 is 1.53 bits per heavy atom. The average Bonchev–Trinajstić information content (AvgIpc) is 2.27. The smallest absolute Gasteiger partial charge is 0.349 e. The molecule has 1 aromatic rings. The molecule has 0 unspecified atom stereocenters. The Morgan fingerprint density at radius 3 is 2.71 bits per heavy atom. The van der Waals surface area contributed by atoms with Gasteiger partial charge in [0.25, 0.3) is 0 Å². The topological polar surface area (TPSA) is 82.9 Å². The van der Waals surface area contributed by atoms with Crippen molar-refractivity contribution < 1.29 is 9.53 Å². The normalized spacial score (nSPS) is 11.1. The molecule has 0 bridgehead atoms. The molecule has 0 aliphatic rings. The van der Waals surface area contributed by atoms with Gasteiger partial charge in [0, 0.05) is 12.3 Å². The summed E-state index contributed by atoms with van der Waals surface area (Å²) in [6.45, 7) is 3.40. The van der Waals surface area contributed by atoms with Gasteiger partial charge in [0.05, 0.1) is 6.10 Å². The number of hydrogen-bond acceptors (Lipinski definition) is 4. The van der Waals surface area contributed by atoms with Crippen molar-refractivity contribution in [2.45, 2.75) is 20.0 Å². The van der Waals surface area contributed by atoms with E-state index in [1.54, 1.807) is 19.9 Å². The van der Waals surface area contributed by atoms with E-state index in [2.05, 4.69) is 4.98 Å². The molecule has 0 atom stereocenters. The zero-order valence-electron chi connectivity index (χ0n) is 9.56. The molecule has 1 rings (SSSR count). The Balaban J connectivity index is 2.95. The zero-order valence-corrected chi connectivity index (χ0v) is 9.56. The van der Waals surface area contributed by atoms with Crippen molar-refractivity contribution in [1.82, 2.24) is 4.98 Å². The second kappa shape index (κ2) is 5.66. The van der Waals surface area contributed by atoms with Crippen LogP contribution in [-0.2, 0) is 9.53 Å². The Kier molecular flexibility index (Phi) is 4.23. The first kappa shape index (κ1) is 12.7. The highest BCUT2D eigenvalue weighted by Gasteiger charge is 2.12. The molecule has 5 nitrogen and oxygen atoms in total. The summed E-state index contributed by atoms with van der Waals surface area (Å²) in [5.41, 5.74) is 0.206. The van der Waals surface area contributed by atoms with Crippen molar-refractivity contribution in [2.24, 2.45) is 0 Å². The maximum absolute atomic E-state index is 11.5. The molecule has 1 heterocycles. The van der Waals surface area contributed by atoms with E-state index in [1.165, 1.54) is 24.4 Å². The molecule has 0 aromatic carbocycles. The average molecular weight is 232 g/mol. The number of nitriles is 1. The summed E-state index contributed by atoms with van der Waals surface area (Å²) in [4.78, 5) is 24.7. The molecule has 0 amide bonds. The van der Waals surface area contributed by atoms with Crippen LogP contribution < -0.4 is 5.56 Å². The maximum atomic E-state index is 11.5. The summed E-state index contributed by atoms with van der Waals surface area (Å²) in [6.07, 6.45) is 2.50. The third kappa shape index (κ3) is 3.95. The Hall–Kier alpha value is -2.35. The van der Waals surface area contributed by atoms with Gasteiger partial charge in [-0.3, -0.25) is 4.79 Å². The number of carbonyl (C=O) groups excluding carboxylic acids is 1. The summed E-state index contributed by atoms with van der Waals surface area (Å²) in [6, 6.07) is 4.59. The van der Waals surface area contributed by atoms with Crippen LogP contribution in [0.5, 0.6) is 0 Å². The zero-order chi connectivity index (χ0) is 12.8. The first-order chi connectivity index (χ1) is 8.02. The van der Waals surface area contributed by atoms with Gasteiger partial charge in [-0.2, -0.15) is 5.26 Å². The van der Waals surface area contributed by atoms with Crippen LogP contribution in [0.4, 0.5) is 0 Å². The van der Waals surface area contributed by atoms with E-state index >= 15 is 0 Å². The molecule has 0 aliphatic heterocycles. The van der Waals surface area contributed by atoms with Gasteiger partial charge in [0.2, 0.25) is 5.56 Å². The molecule has 88 valence electrons. The fraction of sp³-hybridized carbons (Fsp3) is 0.250. The van der Waals surface area contributed by atoms with Gasteiger partial charge in [-0.15, -0.1) is 0 Å². The van der Waals surface area contributed by atoms with E-state index in [4.69, 9.17) is 10.00 Å². The van der Waals surface area contributed by atoms with E-state index in [-0.39, 0.29) is 17.2 Å². The monoisotopic (exact) mass is 232 g/mol. The van der Waals surface area contributed by atoms with Gasteiger partial charge in [-0.1, -0.05) is 0 Å². The molecule has 0 fully saturated rings. The van der Waals surface area contributed by atoms with Gasteiger partial charge in [-0.25, -0.2) is 4.79 Å². The largest absolute Gasteiger partial charge is 0.459 e. The van der Waals surface area contributed by atoms with Gasteiger partial charge in [-0.05, 0) is 31.6 Å². The number of aromatic amines is 1. The Bertz CT molecular complexity index is 515. The van der Waals surface area contributed by atoms with Gasteiger partial charge < -0.3 is 9.72 Å². The second-order valence-corrected chi connectivity index (χ2v) is 3.61. The van der Waals surface area contributed by atoms with E-state index in [0.29, 0.717) is 5.56 Å². The Labute approximate surface area is 98.3 Å². The van der Waals surface area contributed by atoms with Crippen LogP contribution in [0.2, 0.25) is 0 Å². The van der Waals surface area contributed by atoms with E-state index in [1.807, 2.05) is 0 Å². The third-order valence-electron chi connectivity index (χ3n) is 1.80. The number of aromatic nitrogens is 1. The quantitative estimate of drug-likeness (QED) is 0.482. The van der Waals surface area contributed by atoms with E-state index in [0.717, 1.165) is 0 Å². The predicted molar refractivity (Wildman–Crippen MR) is 61.9 cm³/mol. The summed E-state index contributed by atoms with van der Waals surface area (Å²) in [5.74, 6) is -0.673. The number of ether oxygens (including phenoxy) is 1. The third-order valence-corrected chi connectivity index (χ3v) is 1.80. The molecule has 1 aromatic heterocycles. The molecule has 0 aliphatic carbocycles. The van der Waals surface area contributed by atoms with Gasteiger partial charge in [0.1, 0.15) is 11.6 Å². The molecular formula is C12H12N2O3. The highest BCUT2D eigenvalue weighted by Crippen LogP contribution is 2.06. The molecule has 5 heteroatoms. The maximum Gasteiger partial charge on any atom is 0.349 e. The standard InChI is InChI=1S/C12H12N2O3/c1-8(2)17-12(16)10(6-13)5-9-3-4-11(15)14-7-9/h3-5,7-8H,1-2H3,(H,14,15)/b10-5-. The fourth-order valence-corrected chi connectivity index (χ4v) is 1.09. The van der Waals surface area contributed by atoms with Crippen molar-refractivity contribution in [3.05, 3.63) is 39.8 Å². The van der Waals surface area contributed by atoms with Gasteiger partial charge >= 0.3 is 5.97 Å². The summed E-state index contributed by atoms with van der Waals surface area (Å²) >= 11 is 0. The summed E-state index contributed by atoms with van der Waals surface area (Å²) in [7, 11) is 0. The number of rotatable bonds is 3. The lowest BCUT2D eigenvalue weighted by molar-refractivity contribution is -0.142. The van der Waals surface area contributed by atoms with Crippen molar-refractivity contribution in [3.63, 3.8) is 0 Å². The van der Waals surface area contributed by atoms with Crippen molar-refractivity contribution in [1.29, 1.82) is 5.26 Å². The fourth-order valence-electron chi connectivity index (χ4n) is 1.09. The molecule has 0 spiro atoms. The molecule has 0 saturated heterocycles. The minimum absolute atomic E-state index is 0.106. The van der Waals surface area contributed by atoms with Crippen LogP contribution in [0.1, 0.15) is 19.4 Å². The minimum atomic E-state index is -0.673. The van der Waals surface area contributed by atoms with E-state index < -0.39 is 5.97 Å². The molecule has 17 heavy (non-hydrogen) atoms. The second-order valence-electron chi connectivity index (χ2n) is 3.61. The van der Waals surface area contributed by atoms with E-state index in [9.17, 15) is 9.59 Å². The number of pyridine rings is 1. The van der Waals surface area contributed by atoms with Crippen LogP contribution in [0.15, 0.2) is 28.7 Å². The van der Waals surface area contributed by atoms with Crippen molar-refractivity contribution >= 4 is 12.0 Å². The highest BCUT2D eigenvalue weighted by atomic mass is 16.5. The number of nitrogens with one attached hydrogen (secondary N) is 1. The van der Waals surface area contributed by atoms with Crippen LogP contribution in [0.3, 0.4) is 0 Å². The summed E-state index contributed by atoms with van der Waals surface area (Å²) < 4.78 is 4.90. The van der Waals surface area contributed by atoms with Gasteiger partial charge in [0.15, 0.2) is 0 Å². The number of H-pyrrole nitrogens is 1. The number of esters is 1.